The molecule has 0 fully saturated rings. The molecule has 4 heterocycles. The molecule has 0 unspecified atom stereocenters. The summed E-state index contributed by atoms with van der Waals surface area (Å²) >= 11 is 0. The maximum Gasteiger partial charge on any atom is 0.185 e. The highest BCUT2D eigenvalue weighted by atomic mass is 28.3. The molecular weight excluding hydrogens is 781 g/mol. The lowest BCUT2D eigenvalue weighted by molar-refractivity contribution is 1.16. The van der Waals surface area contributed by atoms with Crippen molar-refractivity contribution in [2.24, 2.45) is 0 Å². The summed E-state index contributed by atoms with van der Waals surface area (Å²) in [6.07, 6.45) is 0. The molecule has 3 aromatic heterocycles. The van der Waals surface area contributed by atoms with Crippen LogP contribution in [0.4, 0.5) is 0 Å². The van der Waals surface area contributed by atoms with E-state index in [-0.39, 0.29) is 0 Å². The zero-order valence-electron chi connectivity index (χ0n) is 34.2. The smallest absolute Gasteiger partial charge is 0.185 e. The van der Waals surface area contributed by atoms with Gasteiger partial charge in [0.15, 0.2) is 13.9 Å². The summed E-state index contributed by atoms with van der Waals surface area (Å²) < 4.78 is 4.82. The lowest BCUT2D eigenvalue weighted by Crippen LogP contribution is -2.73. The van der Waals surface area contributed by atoms with Crippen LogP contribution in [-0.4, -0.2) is 27.2 Å². The average molecular weight is 819 g/mol. The van der Waals surface area contributed by atoms with E-state index < -0.39 is 8.07 Å². The van der Waals surface area contributed by atoms with Gasteiger partial charge in [-0.25, -0.2) is 9.97 Å². The second kappa shape index (κ2) is 14.0. The van der Waals surface area contributed by atoms with Crippen LogP contribution < -0.4 is 20.7 Å². The lowest BCUT2D eigenvalue weighted by atomic mass is 10.1. The number of nitrogens with zero attached hydrogens (tertiary/aromatic N) is 4. The number of benzene rings is 9. The Morgan fingerprint density at radius 3 is 1.44 bits per heavy atom. The molecule has 294 valence electrons. The Morgan fingerprint density at radius 2 is 0.810 bits per heavy atom. The molecule has 1 aliphatic rings. The van der Waals surface area contributed by atoms with Crippen molar-refractivity contribution in [1.82, 2.24) is 19.1 Å². The molecule has 4 nitrogen and oxygen atoms in total. The molecule has 0 bridgehead atoms. The van der Waals surface area contributed by atoms with Gasteiger partial charge < -0.3 is 9.13 Å². The van der Waals surface area contributed by atoms with Crippen molar-refractivity contribution in [1.29, 1.82) is 0 Å². The van der Waals surface area contributed by atoms with E-state index in [2.05, 4.69) is 240 Å². The highest BCUT2D eigenvalue weighted by Crippen LogP contribution is 2.40. The molecular formula is C58H38N4Si. The largest absolute Gasteiger partial charge is 0.309 e. The first-order valence-corrected chi connectivity index (χ1v) is 23.6. The summed E-state index contributed by atoms with van der Waals surface area (Å²) in [7, 11) is -2.89. The van der Waals surface area contributed by atoms with Gasteiger partial charge in [0, 0.05) is 54.8 Å². The predicted octanol–water partition coefficient (Wildman–Crippen LogP) is 11.4. The van der Waals surface area contributed by atoms with E-state index in [1.807, 2.05) is 0 Å². The summed E-state index contributed by atoms with van der Waals surface area (Å²) in [6.45, 7) is 0. The number of para-hydroxylation sites is 3. The minimum Gasteiger partial charge on any atom is -0.309 e. The van der Waals surface area contributed by atoms with Crippen molar-refractivity contribution in [3.8, 4) is 45.3 Å². The third-order valence-corrected chi connectivity index (χ3v) is 18.0. The average Bonchev–Trinajstić information content (AvgIpc) is 3.98. The summed E-state index contributed by atoms with van der Waals surface area (Å²) in [5.41, 5.74) is 12.2. The fourth-order valence-corrected chi connectivity index (χ4v) is 15.8. The molecule has 5 heteroatoms. The van der Waals surface area contributed by atoms with Gasteiger partial charge in [0.25, 0.3) is 0 Å². The molecule has 0 spiro atoms. The summed E-state index contributed by atoms with van der Waals surface area (Å²) in [4.78, 5) is 11.3. The Balaban J connectivity index is 1.07. The van der Waals surface area contributed by atoms with Gasteiger partial charge in [-0.2, -0.15) is 0 Å². The van der Waals surface area contributed by atoms with Crippen molar-refractivity contribution in [2.45, 2.75) is 0 Å². The van der Waals surface area contributed by atoms with Crippen molar-refractivity contribution in [3.05, 3.63) is 231 Å². The maximum absolute atomic E-state index is 5.68. The molecule has 0 atom stereocenters. The van der Waals surface area contributed by atoms with Crippen LogP contribution >= 0.6 is 0 Å². The monoisotopic (exact) mass is 818 g/mol. The van der Waals surface area contributed by atoms with E-state index in [1.165, 1.54) is 58.9 Å². The van der Waals surface area contributed by atoms with E-state index in [1.54, 1.807) is 0 Å². The lowest BCUT2D eigenvalue weighted by Gasteiger charge is -2.32. The first-order valence-electron chi connectivity index (χ1n) is 21.6. The zero-order chi connectivity index (χ0) is 41.5. The minimum atomic E-state index is -2.89. The van der Waals surface area contributed by atoms with E-state index >= 15 is 0 Å². The first-order chi connectivity index (χ1) is 31.3. The third kappa shape index (κ3) is 5.21. The molecule has 0 radical (unpaired) electrons. The Kier molecular flexibility index (Phi) is 7.89. The number of aromatic nitrogens is 4. The second-order valence-electron chi connectivity index (χ2n) is 16.5. The fraction of sp³-hybridized carbons (Fsp3) is 0. The molecule has 1 aliphatic heterocycles. The number of hydrogen-bond acceptors (Lipinski definition) is 2. The van der Waals surface area contributed by atoms with E-state index in [0.717, 1.165) is 44.9 Å². The molecule has 0 N–H and O–H groups in total. The first kappa shape index (κ1) is 35.6. The van der Waals surface area contributed by atoms with Crippen LogP contribution in [0.2, 0.25) is 0 Å². The highest BCUT2D eigenvalue weighted by Gasteiger charge is 2.51. The fourth-order valence-electron chi connectivity index (χ4n) is 10.6. The molecule has 13 rings (SSSR count). The summed E-state index contributed by atoms with van der Waals surface area (Å²) in [5, 5.41) is 10.1. The Morgan fingerprint density at radius 1 is 0.333 bits per heavy atom. The van der Waals surface area contributed by atoms with Gasteiger partial charge in [0.1, 0.15) is 0 Å². The molecule has 0 amide bonds. The summed E-state index contributed by atoms with van der Waals surface area (Å²) in [6, 6.07) is 83.7. The highest BCUT2D eigenvalue weighted by molar-refractivity contribution is 7.22. The van der Waals surface area contributed by atoms with Crippen LogP contribution in [0.1, 0.15) is 0 Å². The van der Waals surface area contributed by atoms with Crippen LogP contribution in [-0.2, 0) is 0 Å². The van der Waals surface area contributed by atoms with Crippen molar-refractivity contribution in [2.75, 3.05) is 0 Å². The van der Waals surface area contributed by atoms with Crippen LogP contribution in [0.25, 0.3) is 88.9 Å². The standard InChI is InChI=1S/C58H38N4Si/c1-5-20-39(21-6-1)55-57-56(47-32-15-18-35-54(47)63(57,43-26-9-3-10-27-43)44-28-11-4-12-29-44)60-58(59-55)40-22-19-25-42(36-40)62-51-34-17-14-31-46(51)49-37-52-48(38-53(49)62)45-30-13-16-33-50(45)61(52)41-23-7-2-8-24-41/h1-38H. The van der Waals surface area contributed by atoms with Gasteiger partial charge in [-0.1, -0.05) is 182 Å². The third-order valence-electron chi connectivity index (χ3n) is 13.2. The van der Waals surface area contributed by atoms with Crippen LogP contribution in [0.5, 0.6) is 0 Å². The predicted molar refractivity (Wildman–Crippen MR) is 264 cm³/mol. The SMILES string of the molecule is c1ccc(-c2nc(-c3cccc(-n4c5ccccc5c5cc6c(cc54)c4ccccc4n6-c4ccccc4)c3)nc3c2[Si](c2ccccc2)(c2ccccc2)c2ccccc2-3)cc1. The molecule has 9 aromatic carbocycles. The maximum atomic E-state index is 5.68. The van der Waals surface area contributed by atoms with E-state index in [0.29, 0.717) is 5.82 Å². The number of hydrogen-bond donors (Lipinski definition) is 0. The zero-order valence-corrected chi connectivity index (χ0v) is 35.2. The van der Waals surface area contributed by atoms with Crippen LogP contribution in [0, 0.1) is 0 Å². The van der Waals surface area contributed by atoms with Gasteiger partial charge in [-0.05, 0) is 64.1 Å². The van der Waals surface area contributed by atoms with Crippen LogP contribution in [0.15, 0.2) is 231 Å². The van der Waals surface area contributed by atoms with Crippen molar-refractivity contribution < 1.29 is 0 Å². The number of fused-ring (bicyclic) bond motifs is 9. The van der Waals surface area contributed by atoms with Crippen molar-refractivity contribution in [3.63, 3.8) is 0 Å². The second-order valence-corrected chi connectivity index (χ2v) is 20.2. The molecule has 0 saturated carbocycles. The van der Waals surface area contributed by atoms with Crippen molar-refractivity contribution >= 4 is 72.4 Å². The Hall–Kier alpha value is -8.12. The summed E-state index contributed by atoms with van der Waals surface area (Å²) in [5.74, 6) is 0.712. The Labute approximate surface area is 365 Å². The van der Waals surface area contributed by atoms with Gasteiger partial charge in [0.2, 0.25) is 0 Å². The molecule has 0 saturated heterocycles. The minimum absolute atomic E-state index is 0.712. The molecule has 0 aliphatic carbocycles. The normalized spacial score (nSPS) is 12.9. The van der Waals surface area contributed by atoms with Gasteiger partial charge in [-0.15, -0.1) is 0 Å². The topological polar surface area (TPSA) is 35.6 Å². The van der Waals surface area contributed by atoms with Gasteiger partial charge in [-0.3, -0.25) is 0 Å². The number of rotatable bonds is 6. The molecule has 12 aromatic rings. The van der Waals surface area contributed by atoms with Gasteiger partial charge in [0.05, 0.1) is 33.5 Å². The van der Waals surface area contributed by atoms with Gasteiger partial charge >= 0.3 is 0 Å². The Bertz CT molecular complexity index is 3690. The van der Waals surface area contributed by atoms with E-state index in [4.69, 9.17) is 9.97 Å². The van der Waals surface area contributed by atoms with E-state index in [9.17, 15) is 0 Å². The quantitative estimate of drug-likeness (QED) is 0.157. The molecule has 63 heavy (non-hydrogen) atoms. The van der Waals surface area contributed by atoms with Crippen LogP contribution in [0.3, 0.4) is 0 Å².